The van der Waals surface area contributed by atoms with Crippen molar-refractivity contribution in [3.8, 4) is 5.75 Å². The standard InChI is InChI=1S/C23H25ClF3N5O3.C7H12F2/c1-23(2,3)21(34)29-9-11-5-6-13(24)19(18(11)27)31-22-30-14-7-12(20(28)33)16(35-10-17(25)26)8-15(14)32(22)4;8-7(9)6-4-2-1-3-5-6/h5-8,17H,9-10H2,1-4H3,(H2,28,33)(H,29,34)(H,30,31);6-7H,1-5H2. The van der Waals surface area contributed by atoms with Crippen LogP contribution in [0.25, 0.3) is 11.0 Å². The first kappa shape index (κ1) is 34.9. The second kappa shape index (κ2) is 14.9. The first-order valence-electron chi connectivity index (χ1n) is 14.1. The first-order chi connectivity index (χ1) is 20.6. The molecule has 242 valence electrons. The second-order valence-electron chi connectivity index (χ2n) is 11.6. The fourth-order valence-corrected chi connectivity index (χ4v) is 4.77. The number of carbonyl (C=O) groups excluding carboxylic acids is 2. The number of aromatic nitrogens is 2. The van der Waals surface area contributed by atoms with E-state index in [9.17, 15) is 27.2 Å². The molecule has 44 heavy (non-hydrogen) atoms. The van der Waals surface area contributed by atoms with Crippen LogP contribution in [0.3, 0.4) is 0 Å². The molecule has 1 fully saturated rings. The fourth-order valence-electron chi connectivity index (χ4n) is 4.58. The predicted octanol–water partition coefficient (Wildman–Crippen LogP) is 7.35. The van der Waals surface area contributed by atoms with Crippen molar-refractivity contribution in [1.29, 1.82) is 0 Å². The van der Waals surface area contributed by atoms with Crippen molar-refractivity contribution < 1.29 is 36.3 Å². The van der Waals surface area contributed by atoms with E-state index in [-0.39, 0.29) is 51.9 Å². The number of primary amides is 1. The highest BCUT2D eigenvalue weighted by Gasteiger charge is 2.24. The normalized spacial score (nSPS) is 14.0. The van der Waals surface area contributed by atoms with Crippen LogP contribution in [0.15, 0.2) is 24.3 Å². The second-order valence-corrected chi connectivity index (χ2v) is 12.0. The fraction of sp³-hybridized carbons (Fsp3) is 0.500. The molecule has 1 saturated carbocycles. The molecule has 0 atom stereocenters. The Labute approximate surface area is 257 Å². The van der Waals surface area contributed by atoms with Crippen molar-refractivity contribution in [1.82, 2.24) is 14.9 Å². The van der Waals surface area contributed by atoms with E-state index in [0.29, 0.717) is 11.0 Å². The lowest BCUT2D eigenvalue weighted by Crippen LogP contribution is -2.34. The lowest BCUT2D eigenvalue weighted by Gasteiger charge is -2.19. The van der Waals surface area contributed by atoms with Crippen molar-refractivity contribution in [2.24, 2.45) is 24.1 Å². The van der Waals surface area contributed by atoms with E-state index in [2.05, 4.69) is 15.6 Å². The van der Waals surface area contributed by atoms with Crippen molar-refractivity contribution in [2.45, 2.75) is 72.3 Å². The minimum absolute atomic E-state index is 0.0524. The molecule has 0 spiro atoms. The number of alkyl halides is 4. The zero-order valence-electron chi connectivity index (χ0n) is 25.0. The molecular weight excluding hydrogens is 609 g/mol. The van der Waals surface area contributed by atoms with Crippen LogP contribution in [0.4, 0.5) is 33.6 Å². The van der Waals surface area contributed by atoms with E-state index in [1.54, 1.807) is 27.8 Å². The topological polar surface area (TPSA) is 111 Å². The highest BCUT2D eigenvalue weighted by Crippen LogP contribution is 2.33. The van der Waals surface area contributed by atoms with Gasteiger partial charge in [-0.2, -0.15) is 0 Å². The third-order valence-electron chi connectivity index (χ3n) is 7.15. The third-order valence-corrected chi connectivity index (χ3v) is 7.46. The lowest BCUT2D eigenvalue weighted by atomic mass is 9.90. The molecular formula is C30H37ClF5N5O3. The molecule has 2 aromatic carbocycles. The average Bonchev–Trinajstić information content (AvgIpc) is 3.27. The van der Waals surface area contributed by atoms with Gasteiger partial charge in [0.15, 0.2) is 5.82 Å². The quantitative estimate of drug-likeness (QED) is 0.211. The van der Waals surface area contributed by atoms with E-state index >= 15 is 4.39 Å². The highest BCUT2D eigenvalue weighted by atomic mass is 35.5. The van der Waals surface area contributed by atoms with Gasteiger partial charge in [-0.15, -0.1) is 0 Å². The van der Waals surface area contributed by atoms with E-state index < -0.39 is 36.6 Å². The van der Waals surface area contributed by atoms with Gasteiger partial charge in [0.25, 0.3) is 12.3 Å². The van der Waals surface area contributed by atoms with Gasteiger partial charge in [-0.05, 0) is 25.0 Å². The average molecular weight is 646 g/mol. The minimum Gasteiger partial charge on any atom is -0.487 e. The molecule has 1 heterocycles. The largest absolute Gasteiger partial charge is 0.487 e. The van der Waals surface area contributed by atoms with Gasteiger partial charge in [0.05, 0.1) is 27.3 Å². The number of aryl methyl sites for hydroxylation is 1. The smallest absolute Gasteiger partial charge is 0.272 e. The third kappa shape index (κ3) is 8.96. The van der Waals surface area contributed by atoms with Crippen LogP contribution in [0.1, 0.15) is 68.8 Å². The first-order valence-corrected chi connectivity index (χ1v) is 14.5. The number of carbonyl (C=O) groups is 2. The zero-order chi connectivity index (χ0) is 32.8. The van der Waals surface area contributed by atoms with Crippen LogP contribution in [-0.4, -0.2) is 40.8 Å². The number of nitrogens with one attached hydrogen (secondary N) is 2. The molecule has 2 amide bonds. The number of imidazole rings is 1. The van der Waals surface area contributed by atoms with Crippen molar-refractivity contribution in [2.75, 3.05) is 11.9 Å². The summed E-state index contributed by atoms with van der Waals surface area (Å²) in [5.41, 5.74) is 5.43. The summed E-state index contributed by atoms with van der Waals surface area (Å²) in [7, 11) is 1.59. The van der Waals surface area contributed by atoms with Gasteiger partial charge in [-0.1, -0.05) is 57.7 Å². The van der Waals surface area contributed by atoms with E-state index in [4.69, 9.17) is 22.1 Å². The van der Waals surface area contributed by atoms with Gasteiger partial charge in [0, 0.05) is 36.6 Å². The molecule has 0 radical (unpaired) electrons. The van der Waals surface area contributed by atoms with Gasteiger partial charge in [0.1, 0.15) is 12.4 Å². The maximum absolute atomic E-state index is 15.3. The number of amides is 2. The summed E-state index contributed by atoms with van der Waals surface area (Å²) in [6.45, 7) is 4.25. The van der Waals surface area contributed by atoms with Crippen LogP contribution in [0, 0.1) is 17.2 Å². The molecule has 4 N–H and O–H groups in total. The number of benzene rings is 2. The number of nitrogens with zero attached hydrogens (tertiary/aromatic N) is 2. The Balaban J connectivity index is 0.000000502. The number of halogens is 6. The van der Waals surface area contributed by atoms with Crippen LogP contribution in [0.2, 0.25) is 5.02 Å². The minimum atomic E-state index is -2.75. The van der Waals surface area contributed by atoms with E-state index in [1.807, 2.05) is 0 Å². The molecule has 0 unspecified atom stereocenters. The summed E-state index contributed by atoms with van der Waals surface area (Å²) < 4.78 is 70.9. The van der Waals surface area contributed by atoms with Gasteiger partial charge >= 0.3 is 0 Å². The maximum atomic E-state index is 15.3. The number of anilines is 2. The van der Waals surface area contributed by atoms with Crippen molar-refractivity contribution in [3.63, 3.8) is 0 Å². The molecule has 3 aromatic rings. The molecule has 0 saturated heterocycles. The Hall–Kier alpha value is -3.61. The monoisotopic (exact) mass is 645 g/mol. The van der Waals surface area contributed by atoms with Crippen molar-refractivity contribution >= 4 is 46.1 Å². The van der Waals surface area contributed by atoms with Gasteiger partial charge in [-0.25, -0.2) is 26.9 Å². The molecule has 14 heteroatoms. The number of nitrogens with two attached hydrogens (primary N) is 1. The number of rotatable bonds is 9. The zero-order valence-corrected chi connectivity index (χ0v) is 25.7. The lowest BCUT2D eigenvalue weighted by molar-refractivity contribution is -0.128. The molecule has 4 rings (SSSR count). The number of fused-ring (bicyclic) bond motifs is 1. The Bertz CT molecular complexity index is 1470. The Morgan fingerprint density at radius 1 is 1.14 bits per heavy atom. The molecule has 1 aliphatic carbocycles. The van der Waals surface area contributed by atoms with E-state index in [1.165, 1.54) is 28.8 Å². The number of hydrogen-bond donors (Lipinski definition) is 3. The Morgan fingerprint density at radius 2 is 1.80 bits per heavy atom. The summed E-state index contributed by atoms with van der Waals surface area (Å²) in [4.78, 5) is 28.3. The predicted molar refractivity (Wildman–Crippen MR) is 159 cm³/mol. The summed E-state index contributed by atoms with van der Waals surface area (Å²) >= 11 is 6.22. The summed E-state index contributed by atoms with van der Waals surface area (Å²) in [5.74, 6) is -2.06. The van der Waals surface area contributed by atoms with Gasteiger partial charge in [-0.3, -0.25) is 9.59 Å². The molecule has 1 aliphatic rings. The Morgan fingerprint density at radius 3 is 2.34 bits per heavy atom. The molecule has 0 bridgehead atoms. The van der Waals surface area contributed by atoms with Crippen LogP contribution in [0.5, 0.6) is 5.75 Å². The Kier molecular flexibility index (Phi) is 11.8. The van der Waals surface area contributed by atoms with Crippen LogP contribution < -0.4 is 21.1 Å². The maximum Gasteiger partial charge on any atom is 0.272 e. The van der Waals surface area contributed by atoms with Gasteiger partial charge in [0.2, 0.25) is 18.3 Å². The molecule has 1 aromatic heterocycles. The van der Waals surface area contributed by atoms with Crippen LogP contribution >= 0.6 is 11.6 Å². The summed E-state index contributed by atoms with van der Waals surface area (Å²) in [6.07, 6.45) is -0.145. The summed E-state index contributed by atoms with van der Waals surface area (Å²) in [6, 6.07) is 5.61. The molecule has 0 aliphatic heterocycles. The number of ether oxygens (including phenoxy) is 1. The van der Waals surface area contributed by atoms with Gasteiger partial charge < -0.3 is 25.7 Å². The molecule has 8 nitrogen and oxygen atoms in total. The van der Waals surface area contributed by atoms with E-state index in [0.717, 1.165) is 32.1 Å². The van der Waals surface area contributed by atoms with Crippen molar-refractivity contribution in [3.05, 3.63) is 46.2 Å². The highest BCUT2D eigenvalue weighted by molar-refractivity contribution is 6.33. The number of hydrogen-bond acceptors (Lipinski definition) is 5. The summed E-state index contributed by atoms with van der Waals surface area (Å²) in [5, 5.41) is 5.58. The van der Waals surface area contributed by atoms with Crippen LogP contribution in [-0.2, 0) is 18.4 Å². The SMILES string of the molecule is Cn1c(Nc2c(Cl)ccc(CNC(=O)C(C)(C)C)c2F)nc2cc(C(N)=O)c(OCC(F)F)cc21.FC(F)C1CCCCC1.